The van der Waals surface area contributed by atoms with Crippen molar-refractivity contribution >= 4 is 27.2 Å². The zero-order chi connectivity index (χ0) is 19.3. The van der Waals surface area contributed by atoms with Gasteiger partial charge < -0.3 is 10.2 Å². The number of hydrogen-bond donors (Lipinski definition) is 1. The predicted molar refractivity (Wildman–Crippen MR) is 106 cm³/mol. The summed E-state index contributed by atoms with van der Waals surface area (Å²) in [5.74, 6) is -1.37. The zero-order valence-corrected chi connectivity index (χ0v) is 16.1. The van der Waals surface area contributed by atoms with Gasteiger partial charge in [0, 0.05) is 25.5 Å². The van der Waals surface area contributed by atoms with E-state index in [0.29, 0.717) is 10.4 Å². The summed E-state index contributed by atoms with van der Waals surface area (Å²) in [6, 6.07) is 1.28. The quantitative estimate of drug-likeness (QED) is 0.386. The van der Waals surface area contributed by atoms with Crippen LogP contribution >= 0.6 is 11.3 Å². The number of fused-ring (bicyclic) bond motifs is 1. The first-order chi connectivity index (χ1) is 12.3. The van der Waals surface area contributed by atoms with Gasteiger partial charge >= 0.3 is 0 Å². The summed E-state index contributed by atoms with van der Waals surface area (Å²) in [6.07, 6.45) is 6.44. The van der Waals surface area contributed by atoms with Crippen LogP contribution in [0.3, 0.4) is 0 Å². The summed E-state index contributed by atoms with van der Waals surface area (Å²) < 4.78 is 29.1. The molecule has 2 aromatic rings. The number of nitrogens with zero attached hydrogens (tertiary/aromatic N) is 3. The summed E-state index contributed by atoms with van der Waals surface area (Å²) in [4.78, 5) is 8.11. The van der Waals surface area contributed by atoms with Gasteiger partial charge in [0.15, 0.2) is 11.6 Å². The topological polar surface area (TPSA) is 31.4 Å². The van der Waals surface area contributed by atoms with Gasteiger partial charge in [-0.15, -0.1) is 17.9 Å². The van der Waals surface area contributed by atoms with Gasteiger partial charge in [0.05, 0.1) is 16.4 Å². The lowest BCUT2D eigenvalue weighted by molar-refractivity contribution is 0.139. The summed E-state index contributed by atoms with van der Waals surface area (Å²) in [5, 5.41) is 2.70. The van der Waals surface area contributed by atoms with Crippen LogP contribution in [0.5, 0.6) is 0 Å². The van der Waals surface area contributed by atoms with Crippen LogP contribution in [0.2, 0.25) is 0 Å². The maximum absolute atomic E-state index is 14.4. The Kier molecular flexibility index (Phi) is 6.88. The van der Waals surface area contributed by atoms with E-state index in [9.17, 15) is 8.78 Å². The molecule has 0 saturated heterocycles. The maximum atomic E-state index is 14.4. The smallest absolute Gasteiger partial charge is 0.176 e. The second kappa shape index (κ2) is 8.91. The minimum absolute atomic E-state index is 0.152. The largest absolute Gasteiger partial charge is 0.365 e. The molecule has 140 valence electrons. The van der Waals surface area contributed by atoms with Crippen molar-refractivity contribution in [1.82, 2.24) is 14.8 Å². The van der Waals surface area contributed by atoms with Crippen LogP contribution in [0.1, 0.15) is 13.3 Å². The van der Waals surface area contributed by atoms with Crippen molar-refractivity contribution < 1.29 is 8.78 Å². The molecule has 0 aliphatic rings. The van der Waals surface area contributed by atoms with Crippen molar-refractivity contribution in [2.75, 3.05) is 26.0 Å². The summed E-state index contributed by atoms with van der Waals surface area (Å²) in [7, 11) is 3.96. The lowest BCUT2D eigenvalue weighted by atomic mass is 10.2. The van der Waals surface area contributed by atoms with Crippen LogP contribution in [-0.2, 0) is 0 Å². The molecule has 0 aliphatic carbocycles. The lowest BCUT2D eigenvalue weighted by Crippen LogP contribution is -2.40. The van der Waals surface area contributed by atoms with Gasteiger partial charge in [-0.2, -0.15) is 0 Å². The van der Waals surface area contributed by atoms with Crippen LogP contribution in [0.4, 0.5) is 14.5 Å². The number of aromatic nitrogens is 1. The van der Waals surface area contributed by atoms with E-state index in [4.69, 9.17) is 0 Å². The molecule has 0 fully saturated rings. The molecule has 1 aromatic carbocycles. The van der Waals surface area contributed by atoms with E-state index < -0.39 is 11.6 Å². The van der Waals surface area contributed by atoms with Crippen molar-refractivity contribution in [2.24, 2.45) is 0 Å². The number of halogens is 2. The van der Waals surface area contributed by atoms with E-state index >= 15 is 0 Å². The Morgan fingerprint density at radius 3 is 2.85 bits per heavy atom. The highest BCUT2D eigenvalue weighted by molar-refractivity contribution is 7.16. The molecule has 0 amide bonds. The number of benzene rings is 1. The Morgan fingerprint density at radius 2 is 2.15 bits per heavy atom. The Labute approximate surface area is 157 Å². The number of nitrogens with one attached hydrogen (secondary N) is 1. The Bertz CT molecular complexity index is 815. The molecule has 1 unspecified atom stereocenters. The molecule has 4 nitrogen and oxygen atoms in total. The second-order valence-corrected chi connectivity index (χ2v) is 6.95. The monoisotopic (exact) mass is 378 g/mol. The minimum atomic E-state index is -0.707. The first kappa shape index (κ1) is 20.1. The molecule has 0 bridgehead atoms. The number of allylic oxidation sites excluding steroid dienone is 1. The molecule has 0 saturated carbocycles. The first-order valence-corrected chi connectivity index (χ1v) is 9.11. The molecule has 0 aliphatic heterocycles. The predicted octanol–water partition coefficient (Wildman–Crippen LogP) is 4.80. The third-order valence-electron chi connectivity index (χ3n) is 4.23. The fourth-order valence-corrected chi connectivity index (χ4v) is 3.07. The van der Waals surface area contributed by atoms with E-state index in [-0.39, 0.29) is 17.4 Å². The SMILES string of the molecule is C=CCCN(C)C(C)N(C)/C=C\C(=C)Nc1c(F)cc2scnc2c1F. The number of rotatable bonds is 9. The minimum Gasteiger partial charge on any atom is -0.365 e. The fourth-order valence-electron chi connectivity index (χ4n) is 2.37. The normalized spacial score (nSPS) is 12.7. The Morgan fingerprint density at radius 1 is 1.42 bits per heavy atom. The van der Waals surface area contributed by atoms with E-state index in [1.165, 1.54) is 22.9 Å². The van der Waals surface area contributed by atoms with Gasteiger partial charge in [-0.3, -0.25) is 4.90 Å². The molecule has 1 aromatic heterocycles. The molecule has 7 heteroatoms. The molecule has 26 heavy (non-hydrogen) atoms. The molecular formula is C19H24F2N4S. The standard InChI is InChI=1S/C19H24F2N4S/c1-6-7-9-24(4)14(3)25(5)10-8-13(2)23-18-15(20)11-16-19(17(18)21)22-12-26-16/h6,8,10-12,14,23H,1-2,7,9H2,3-5H3/b10-8-. The maximum Gasteiger partial charge on any atom is 0.176 e. The van der Waals surface area contributed by atoms with Crippen molar-refractivity contribution in [3.05, 3.63) is 60.4 Å². The van der Waals surface area contributed by atoms with Gasteiger partial charge in [0.25, 0.3) is 0 Å². The van der Waals surface area contributed by atoms with Crippen LogP contribution in [0.25, 0.3) is 10.2 Å². The number of hydrogen-bond acceptors (Lipinski definition) is 5. The van der Waals surface area contributed by atoms with Gasteiger partial charge in [-0.25, -0.2) is 13.8 Å². The average molecular weight is 378 g/mol. The van der Waals surface area contributed by atoms with E-state index in [0.717, 1.165) is 13.0 Å². The summed E-state index contributed by atoms with van der Waals surface area (Å²) in [5.41, 5.74) is 1.79. The van der Waals surface area contributed by atoms with Crippen LogP contribution in [0, 0.1) is 11.6 Å². The molecule has 1 N–H and O–H groups in total. The molecule has 1 atom stereocenters. The van der Waals surface area contributed by atoms with Crippen molar-refractivity contribution in [2.45, 2.75) is 19.5 Å². The lowest BCUT2D eigenvalue weighted by Gasteiger charge is -2.31. The van der Waals surface area contributed by atoms with Gasteiger partial charge in [0.2, 0.25) is 0 Å². The van der Waals surface area contributed by atoms with Crippen molar-refractivity contribution in [3.63, 3.8) is 0 Å². The highest BCUT2D eigenvalue weighted by atomic mass is 32.1. The average Bonchev–Trinajstić information content (AvgIpc) is 3.08. The Hall–Kier alpha value is -2.25. The van der Waals surface area contributed by atoms with E-state index in [2.05, 4.69) is 35.3 Å². The molecule has 1 heterocycles. The number of anilines is 1. The van der Waals surface area contributed by atoms with Gasteiger partial charge in [-0.05, 0) is 32.5 Å². The van der Waals surface area contributed by atoms with Crippen LogP contribution in [0.15, 0.2) is 48.8 Å². The molecule has 2 rings (SSSR count). The zero-order valence-electron chi connectivity index (χ0n) is 15.3. The highest BCUT2D eigenvalue weighted by Crippen LogP contribution is 2.30. The fraction of sp³-hybridized carbons (Fsp3) is 0.316. The Balaban J connectivity index is 2.04. The first-order valence-electron chi connectivity index (χ1n) is 8.23. The molecule has 0 spiro atoms. The van der Waals surface area contributed by atoms with Crippen LogP contribution in [-0.4, -0.2) is 41.6 Å². The van der Waals surface area contributed by atoms with Crippen molar-refractivity contribution in [1.29, 1.82) is 0 Å². The van der Waals surface area contributed by atoms with Crippen LogP contribution < -0.4 is 5.32 Å². The van der Waals surface area contributed by atoms with Gasteiger partial charge in [-0.1, -0.05) is 12.7 Å². The third kappa shape index (κ3) is 4.68. The summed E-state index contributed by atoms with van der Waals surface area (Å²) in [6.45, 7) is 10.5. The van der Waals surface area contributed by atoms with Crippen molar-refractivity contribution in [3.8, 4) is 0 Å². The third-order valence-corrected chi connectivity index (χ3v) is 5.00. The highest BCUT2D eigenvalue weighted by Gasteiger charge is 2.16. The summed E-state index contributed by atoms with van der Waals surface area (Å²) >= 11 is 1.20. The molecular weight excluding hydrogens is 354 g/mol. The van der Waals surface area contributed by atoms with Gasteiger partial charge in [0.1, 0.15) is 11.2 Å². The van der Waals surface area contributed by atoms with E-state index in [1.54, 1.807) is 6.08 Å². The second-order valence-electron chi connectivity index (χ2n) is 6.07. The van der Waals surface area contributed by atoms with E-state index in [1.807, 2.05) is 31.3 Å². The number of thiazole rings is 1. The molecule has 0 radical (unpaired) electrons.